The lowest BCUT2D eigenvalue weighted by Gasteiger charge is -2.42. The number of halogens is 4. The van der Waals surface area contributed by atoms with Gasteiger partial charge in [-0.1, -0.05) is 0 Å². The molecule has 1 heterocycles. The summed E-state index contributed by atoms with van der Waals surface area (Å²) in [6.07, 6.45) is -6.28. The molecule has 6 nitrogen and oxygen atoms in total. The Morgan fingerprint density at radius 2 is 2.04 bits per heavy atom. The zero-order valence-corrected chi connectivity index (χ0v) is 14.2. The second kappa shape index (κ2) is 6.25. The van der Waals surface area contributed by atoms with Gasteiger partial charge < -0.3 is 14.6 Å². The van der Waals surface area contributed by atoms with E-state index in [9.17, 15) is 26.7 Å². The average molecular weight is 390 g/mol. The minimum absolute atomic E-state index is 0.0114. The molecule has 24 heavy (non-hydrogen) atoms. The first kappa shape index (κ1) is 19.1. The fraction of sp³-hybridized carbons (Fsp3) is 0.538. The highest BCUT2D eigenvalue weighted by Crippen LogP contribution is 2.42. The number of fused-ring (bicyclic) bond motifs is 1. The number of alkyl halides is 4. The van der Waals surface area contributed by atoms with Gasteiger partial charge in [-0.25, -0.2) is 13.1 Å². The van der Waals surface area contributed by atoms with Crippen LogP contribution in [0, 0.1) is 0 Å². The van der Waals surface area contributed by atoms with Crippen LogP contribution in [-0.2, 0) is 10.0 Å². The summed E-state index contributed by atoms with van der Waals surface area (Å²) in [6.45, 7) is 3.03. The van der Waals surface area contributed by atoms with Gasteiger partial charge in [0, 0.05) is 5.56 Å². The molecule has 0 fully saturated rings. The molecule has 1 aliphatic heterocycles. The lowest BCUT2D eigenvalue weighted by Crippen LogP contribution is -2.53. The minimum atomic E-state index is -4.91. The van der Waals surface area contributed by atoms with E-state index in [1.54, 1.807) is 0 Å². The third kappa shape index (κ3) is 4.24. The average Bonchev–Trinajstić information content (AvgIpc) is 2.43. The van der Waals surface area contributed by atoms with E-state index in [2.05, 4.69) is 9.46 Å². The van der Waals surface area contributed by atoms with Crippen LogP contribution in [0.5, 0.6) is 11.5 Å². The van der Waals surface area contributed by atoms with Crippen LogP contribution in [0.2, 0.25) is 0 Å². The van der Waals surface area contributed by atoms with Crippen LogP contribution in [0.4, 0.5) is 13.2 Å². The van der Waals surface area contributed by atoms with Crippen LogP contribution in [0.15, 0.2) is 18.2 Å². The summed E-state index contributed by atoms with van der Waals surface area (Å²) in [7, 11) is -3.96. The molecule has 0 spiro atoms. The van der Waals surface area contributed by atoms with Gasteiger partial charge in [0.25, 0.3) is 0 Å². The first-order valence-corrected chi connectivity index (χ1v) is 8.86. The quantitative estimate of drug-likeness (QED) is 0.772. The molecule has 1 aromatic rings. The van der Waals surface area contributed by atoms with Crippen molar-refractivity contribution in [2.75, 3.05) is 5.21 Å². The van der Waals surface area contributed by atoms with E-state index in [1.165, 1.54) is 19.9 Å². The Balaban J connectivity index is 2.48. The molecule has 0 unspecified atom stereocenters. The normalized spacial score (nSPS) is 23.3. The Hall–Kier alpha value is -1.23. The number of aliphatic hydroxyl groups excluding tert-OH is 1. The predicted octanol–water partition coefficient (Wildman–Crippen LogP) is 2.27. The summed E-state index contributed by atoms with van der Waals surface area (Å²) in [5.74, 6) is -0.436. The summed E-state index contributed by atoms with van der Waals surface area (Å²) >= 11 is 5.34. The third-order valence-electron chi connectivity index (χ3n) is 3.40. The Morgan fingerprint density at radius 1 is 1.42 bits per heavy atom. The highest BCUT2D eigenvalue weighted by atomic mass is 35.5. The number of hydrogen-bond acceptors (Lipinski definition) is 5. The van der Waals surface area contributed by atoms with Gasteiger partial charge in [-0.3, -0.25) is 0 Å². The van der Waals surface area contributed by atoms with Crippen LogP contribution in [0.3, 0.4) is 0 Å². The van der Waals surface area contributed by atoms with E-state index < -0.39 is 45.1 Å². The van der Waals surface area contributed by atoms with Gasteiger partial charge in [-0.2, -0.15) is 0 Å². The van der Waals surface area contributed by atoms with Crippen molar-refractivity contribution in [1.82, 2.24) is 4.72 Å². The Kier molecular flexibility index (Phi) is 4.97. The van der Waals surface area contributed by atoms with Gasteiger partial charge in [0.15, 0.2) is 0 Å². The molecule has 0 aliphatic carbocycles. The van der Waals surface area contributed by atoms with Crippen LogP contribution < -0.4 is 14.2 Å². The maximum Gasteiger partial charge on any atom is 0.573 e. The summed E-state index contributed by atoms with van der Waals surface area (Å²) < 4.78 is 72.1. The monoisotopic (exact) mass is 389 g/mol. The highest BCUT2D eigenvalue weighted by Gasteiger charge is 2.44. The SMILES string of the molecule is CC1(C)Oc2ccc(OC(F)(F)F)cc2[C@@H](NS(=O)(=O)CCl)[C@@H]1O. The van der Waals surface area contributed by atoms with Gasteiger partial charge in [-0.05, 0) is 32.0 Å². The number of rotatable bonds is 4. The fourth-order valence-corrected chi connectivity index (χ4v) is 3.22. The molecule has 136 valence electrons. The summed E-state index contributed by atoms with van der Waals surface area (Å²) in [5.41, 5.74) is -1.17. The van der Waals surface area contributed by atoms with Crippen LogP contribution in [0.25, 0.3) is 0 Å². The minimum Gasteiger partial charge on any atom is -0.485 e. The molecule has 2 N–H and O–H groups in total. The molecule has 1 aromatic carbocycles. The molecular weight excluding hydrogens is 375 g/mol. The van der Waals surface area contributed by atoms with E-state index in [0.29, 0.717) is 0 Å². The number of hydrogen-bond donors (Lipinski definition) is 2. The van der Waals surface area contributed by atoms with Gasteiger partial charge >= 0.3 is 6.36 Å². The van der Waals surface area contributed by atoms with Gasteiger partial charge in [0.2, 0.25) is 10.0 Å². The first-order chi connectivity index (χ1) is 10.8. The second-order valence-electron chi connectivity index (χ2n) is 5.72. The van der Waals surface area contributed by atoms with Gasteiger partial charge in [0.05, 0.1) is 6.04 Å². The lowest BCUT2D eigenvalue weighted by atomic mass is 9.87. The van der Waals surface area contributed by atoms with Crippen molar-refractivity contribution >= 4 is 21.6 Å². The molecule has 0 aromatic heterocycles. The summed E-state index contributed by atoms with van der Waals surface area (Å²) in [4.78, 5) is 0. The standard InChI is InChI=1S/C13H15ClF3NO5S/c1-12(2)11(19)10(18-24(20,21)6-14)8-5-7(22-13(15,16)17)3-4-9(8)23-12/h3-5,10-11,18-19H,6H2,1-2H3/t10-,11+/m1/s1. The fourth-order valence-electron chi connectivity index (χ4n) is 2.33. The maximum atomic E-state index is 12.4. The van der Waals surface area contributed by atoms with Crippen molar-refractivity contribution < 1.29 is 36.2 Å². The van der Waals surface area contributed by atoms with Crippen molar-refractivity contribution in [3.63, 3.8) is 0 Å². The molecule has 11 heteroatoms. The van der Waals surface area contributed by atoms with Crippen molar-refractivity contribution in [2.45, 2.75) is 38.0 Å². The molecule has 2 atom stereocenters. The molecule has 0 saturated heterocycles. The van der Waals surface area contributed by atoms with E-state index in [1.807, 2.05) is 0 Å². The maximum absolute atomic E-state index is 12.4. The van der Waals surface area contributed by atoms with Crippen molar-refractivity contribution in [3.8, 4) is 11.5 Å². The van der Waals surface area contributed by atoms with Gasteiger partial charge in [0.1, 0.15) is 28.4 Å². The molecule has 0 amide bonds. The number of nitrogens with one attached hydrogen (secondary N) is 1. The number of ether oxygens (including phenoxy) is 2. The molecule has 1 aliphatic rings. The third-order valence-corrected chi connectivity index (χ3v) is 5.16. The van der Waals surface area contributed by atoms with E-state index >= 15 is 0 Å². The Morgan fingerprint density at radius 3 is 2.58 bits per heavy atom. The van der Waals surface area contributed by atoms with Crippen molar-refractivity contribution in [2.24, 2.45) is 0 Å². The molecule has 0 radical (unpaired) electrons. The molecule has 2 rings (SSSR count). The van der Waals surface area contributed by atoms with Crippen molar-refractivity contribution in [1.29, 1.82) is 0 Å². The second-order valence-corrected chi connectivity index (χ2v) is 8.06. The van der Waals surface area contributed by atoms with Crippen LogP contribution >= 0.6 is 11.6 Å². The van der Waals surface area contributed by atoms with E-state index in [-0.39, 0.29) is 11.3 Å². The Labute approximate surface area is 141 Å². The lowest BCUT2D eigenvalue weighted by molar-refractivity contribution is -0.274. The van der Waals surface area contributed by atoms with Gasteiger partial charge in [-0.15, -0.1) is 24.8 Å². The van der Waals surface area contributed by atoms with Crippen molar-refractivity contribution in [3.05, 3.63) is 23.8 Å². The number of benzene rings is 1. The van der Waals surface area contributed by atoms with E-state index in [0.717, 1.165) is 12.1 Å². The zero-order valence-electron chi connectivity index (χ0n) is 12.6. The number of sulfonamides is 1. The molecule has 0 bridgehead atoms. The van der Waals surface area contributed by atoms with Crippen LogP contribution in [0.1, 0.15) is 25.5 Å². The van der Waals surface area contributed by atoms with Crippen LogP contribution in [-0.4, -0.2) is 36.8 Å². The topological polar surface area (TPSA) is 84.9 Å². The predicted molar refractivity (Wildman–Crippen MR) is 79.4 cm³/mol. The molecular formula is C13H15ClF3NO5S. The Bertz CT molecular complexity index is 723. The number of aliphatic hydroxyl groups is 1. The first-order valence-electron chi connectivity index (χ1n) is 6.67. The van der Waals surface area contributed by atoms with E-state index in [4.69, 9.17) is 16.3 Å². The smallest absolute Gasteiger partial charge is 0.485 e. The largest absolute Gasteiger partial charge is 0.573 e. The summed E-state index contributed by atoms with van der Waals surface area (Å²) in [5, 5.41) is 9.60. The summed E-state index contributed by atoms with van der Waals surface area (Å²) in [6, 6.07) is 1.96. The molecule has 0 saturated carbocycles. The highest BCUT2D eigenvalue weighted by molar-refractivity contribution is 7.90. The zero-order chi connectivity index (χ0) is 18.3.